The molecule has 2 aromatic rings. The second-order valence-electron chi connectivity index (χ2n) is 5.60. The van der Waals surface area contributed by atoms with Gasteiger partial charge in [-0.15, -0.1) is 0 Å². The van der Waals surface area contributed by atoms with Gasteiger partial charge >= 0.3 is 0 Å². The fourth-order valence-electron chi connectivity index (χ4n) is 2.79. The Kier molecular flexibility index (Phi) is 4.59. The predicted molar refractivity (Wildman–Crippen MR) is 80.4 cm³/mol. The van der Waals surface area contributed by atoms with Gasteiger partial charge in [-0.2, -0.15) is 0 Å². The molecule has 23 heavy (non-hydrogen) atoms. The predicted octanol–water partition coefficient (Wildman–Crippen LogP) is 1.89. The van der Waals surface area contributed by atoms with Gasteiger partial charge in [0.25, 0.3) is 12.0 Å². The van der Waals surface area contributed by atoms with Crippen molar-refractivity contribution in [2.24, 2.45) is 5.92 Å². The SMILES string of the molecule is O=c1cc(C(F)F)ncn1CC1CCN(c2ccncn2)CC1. The summed E-state index contributed by atoms with van der Waals surface area (Å²) in [6, 6.07) is 2.79. The van der Waals surface area contributed by atoms with E-state index in [1.165, 1.54) is 17.2 Å². The second-order valence-corrected chi connectivity index (χ2v) is 5.60. The van der Waals surface area contributed by atoms with E-state index in [9.17, 15) is 13.6 Å². The molecule has 3 heterocycles. The van der Waals surface area contributed by atoms with E-state index < -0.39 is 17.7 Å². The highest BCUT2D eigenvalue weighted by molar-refractivity contribution is 5.36. The van der Waals surface area contributed by atoms with Gasteiger partial charge in [0.15, 0.2) is 0 Å². The standard InChI is InChI=1S/C15H17F2N5O/c16-15(17)12-7-14(23)22(10-20-12)8-11-2-5-21(6-3-11)13-1-4-18-9-19-13/h1,4,7,9-11,15H,2-3,5-6,8H2. The van der Waals surface area contributed by atoms with Crippen molar-refractivity contribution in [1.82, 2.24) is 19.5 Å². The van der Waals surface area contributed by atoms with Crippen molar-refractivity contribution in [3.05, 3.63) is 47.0 Å². The monoisotopic (exact) mass is 321 g/mol. The molecule has 0 N–H and O–H groups in total. The van der Waals surface area contributed by atoms with Gasteiger partial charge in [-0.1, -0.05) is 0 Å². The average Bonchev–Trinajstić information content (AvgIpc) is 2.58. The van der Waals surface area contributed by atoms with Gasteiger partial charge in [0.05, 0.1) is 6.33 Å². The molecule has 122 valence electrons. The van der Waals surface area contributed by atoms with E-state index in [1.54, 1.807) is 6.20 Å². The summed E-state index contributed by atoms with van der Waals surface area (Å²) in [4.78, 5) is 25.8. The Hall–Kier alpha value is -2.38. The Balaban J connectivity index is 1.60. The summed E-state index contributed by atoms with van der Waals surface area (Å²) >= 11 is 0. The number of halogens is 2. The Morgan fingerprint density at radius 2 is 2.04 bits per heavy atom. The van der Waals surface area contributed by atoms with E-state index >= 15 is 0 Å². The van der Waals surface area contributed by atoms with Crippen LogP contribution in [-0.2, 0) is 6.54 Å². The molecule has 1 saturated heterocycles. The first kappa shape index (κ1) is 15.5. The first-order valence-electron chi connectivity index (χ1n) is 7.49. The van der Waals surface area contributed by atoms with E-state index in [0.717, 1.165) is 37.8 Å². The highest BCUT2D eigenvalue weighted by Gasteiger charge is 2.21. The fraction of sp³-hybridized carbons (Fsp3) is 0.467. The normalized spacial score (nSPS) is 16.0. The fourth-order valence-corrected chi connectivity index (χ4v) is 2.79. The summed E-state index contributed by atoms with van der Waals surface area (Å²) in [5.41, 5.74) is -0.890. The lowest BCUT2D eigenvalue weighted by Gasteiger charge is -2.32. The summed E-state index contributed by atoms with van der Waals surface area (Å²) in [5, 5.41) is 0. The van der Waals surface area contributed by atoms with Crippen molar-refractivity contribution < 1.29 is 8.78 Å². The molecule has 8 heteroatoms. The van der Waals surface area contributed by atoms with Crippen molar-refractivity contribution in [1.29, 1.82) is 0 Å². The largest absolute Gasteiger partial charge is 0.357 e. The molecular formula is C15H17F2N5O. The highest BCUT2D eigenvalue weighted by atomic mass is 19.3. The molecule has 0 amide bonds. The van der Waals surface area contributed by atoms with Crippen LogP contribution in [0.3, 0.4) is 0 Å². The molecule has 2 aromatic heterocycles. The lowest BCUT2D eigenvalue weighted by atomic mass is 9.96. The van der Waals surface area contributed by atoms with E-state index in [0.29, 0.717) is 12.5 Å². The summed E-state index contributed by atoms with van der Waals surface area (Å²) < 4.78 is 26.4. The number of aromatic nitrogens is 4. The Morgan fingerprint density at radius 1 is 1.26 bits per heavy atom. The number of nitrogens with zero attached hydrogens (tertiary/aromatic N) is 5. The highest BCUT2D eigenvalue weighted by Crippen LogP contribution is 2.22. The molecule has 0 saturated carbocycles. The molecule has 1 aliphatic heterocycles. The summed E-state index contributed by atoms with van der Waals surface area (Å²) in [6.45, 7) is 2.20. The van der Waals surface area contributed by atoms with Crippen LogP contribution in [0, 0.1) is 5.92 Å². The molecule has 0 bridgehead atoms. The van der Waals surface area contributed by atoms with Crippen molar-refractivity contribution in [3.8, 4) is 0 Å². The third-order valence-electron chi connectivity index (χ3n) is 4.08. The molecule has 0 unspecified atom stereocenters. The van der Waals surface area contributed by atoms with Crippen molar-refractivity contribution in [2.75, 3.05) is 18.0 Å². The first-order valence-corrected chi connectivity index (χ1v) is 7.49. The molecule has 1 aliphatic rings. The van der Waals surface area contributed by atoms with Crippen LogP contribution >= 0.6 is 0 Å². The number of hydrogen-bond acceptors (Lipinski definition) is 5. The molecule has 0 aliphatic carbocycles. The maximum absolute atomic E-state index is 12.5. The van der Waals surface area contributed by atoms with Gasteiger partial charge in [-0.25, -0.2) is 23.7 Å². The lowest BCUT2D eigenvalue weighted by Crippen LogP contribution is -2.36. The zero-order valence-electron chi connectivity index (χ0n) is 12.5. The van der Waals surface area contributed by atoms with Crippen LogP contribution in [0.15, 0.2) is 35.8 Å². The van der Waals surface area contributed by atoms with Gasteiger partial charge in [-0.3, -0.25) is 9.36 Å². The molecule has 3 rings (SSSR count). The van der Waals surface area contributed by atoms with Gasteiger partial charge in [0.1, 0.15) is 17.8 Å². The first-order chi connectivity index (χ1) is 11.1. The van der Waals surface area contributed by atoms with Crippen molar-refractivity contribution >= 4 is 5.82 Å². The van der Waals surface area contributed by atoms with Crippen LogP contribution in [0.4, 0.5) is 14.6 Å². The average molecular weight is 321 g/mol. The van der Waals surface area contributed by atoms with E-state index in [2.05, 4.69) is 19.9 Å². The van der Waals surface area contributed by atoms with Crippen LogP contribution in [0.2, 0.25) is 0 Å². The summed E-state index contributed by atoms with van der Waals surface area (Å²) in [6.07, 6.45) is 3.57. The number of alkyl halides is 2. The third kappa shape index (κ3) is 3.69. The number of rotatable bonds is 4. The smallest absolute Gasteiger partial charge is 0.280 e. The van der Waals surface area contributed by atoms with Crippen molar-refractivity contribution in [2.45, 2.75) is 25.8 Å². The zero-order valence-corrected chi connectivity index (χ0v) is 12.5. The van der Waals surface area contributed by atoms with Crippen LogP contribution in [-0.4, -0.2) is 32.6 Å². The molecule has 0 atom stereocenters. The van der Waals surface area contributed by atoms with Crippen molar-refractivity contribution in [3.63, 3.8) is 0 Å². The van der Waals surface area contributed by atoms with Gasteiger partial charge in [-0.05, 0) is 24.8 Å². The molecule has 0 spiro atoms. The summed E-state index contributed by atoms with van der Waals surface area (Å²) in [7, 11) is 0. The van der Waals surface area contributed by atoms with Gasteiger partial charge in [0, 0.05) is 31.9 Å². The number of piperidine rings is 1. The minimum atomic E-state index is -2.71. The van der Waals surface area contributed by atoms with E-state index in [4.69, 9.17) is 0 Å². The quantitative estimate of drug-likeness (QED) is 0.860. The lowest BCUT2D eigenvalue weighted by molar-refractivity contribution is 0.145. The maximum Gasteiger partial charge on any atom is 0.280 e. The molecular weight excluding hydrogens is 304 g/mol. The number of hydrogen-bond donors (Lipinski definition) is 0. The van der Waals surface area contributed by atoms with Crippen LogP contribution in [0.5, 0.6) is 0 Å². The zero-order chi connectivity index (χ0) is 16.2. The minimum Gasteiger partial charge on any atom is -0.357 e. The molecule has 0 aromatic carbocycles. The summed E-state index contributed by atoms with van der Waals surface area (Å²) in [5.74, 6) is 1.23. The van der Waals surface area contributed by atoms with E-state index in [-0.39, 0.29) is 0 Å². The van der Waals surface area contributed by atoms with Crippen LogP contribution in [0.25, 0.3) is 0 Å². The topological polar surface area (TPSA) is 63.9 Å². The Bertz CT molecular complexity index is 699. The molecule has 0 radical (unpaired) electrons. The minimum absolute atomic E-state index is 0.324. The van der Waals surface area contributed by atoms with E-state index in [1.807, 2.05) is 6.07 Å². The Labute approximate surface area is 131 Å². The molecule has 6 nitrogen and oxygen atoms in total. The number of anilines is 1. The van der Waals surface area contributed by atoms with Crippen LogP contribution in [0.1, 0.15) is 25.0 Å². The maximum atomic E-state index is 12.5. The second kappa shape index (κ2) is 6.80. The van der Waals surface area contributed by atoms with Gasteiger partial charge < -0.3 is 4.90 Å². The van der Waals surface area contributed by atoms with Crippen LogP contribution < -0.4 is 10.5 Å². The van der Waals surface area contributed by atoms with Gasteiger partial charge in [0.2, 0.25) is 0 Å². The Morgan fingerprint density at radius 3 is 2.65 bits per heavy atom. The molecule has 1 fully saturated rings. The third-order valence-corrected chi connectivity index (χ3v) is 4.08.